The summed E-state index contributed by atoms with van der Waals surface area (Å²) in [6, 6.07) is 21.4. The van der Waals surface area contributed by atoms with Gasteiger partial charge in [-0.25, -0.2) is 39.9 Å². The molecule has 0 atom stereocenters. The summed E-state index contributed by atoms with van der Waals surface area (Å²) in [5.41, 5.74) is 12.3. The number of carbonyl (C=O) groups excluding carboxylic acids is 5. The van der Waals surface area contributed by atoms with Gasteiger partial charge in [-0.2, -0.15) is 19.9 Å². The second-order valence-electron chi connectivity index (χ2n) is 32.3. The van der Waals surface area contributed by atoms with Gasteiger partial charge in [-0.05, 0) is 114 Å². The van der Waals surface area contributed by atoms with Gasteiger partial charge in [0.2, 0.25) is 23.8 Å². The molecular weight excluding hydrogens is 1780 g/mol. The molecule has 0 radical (unpaired) electrons. The number of aliphatic hydroxyl groups excluding tert-OH is 1. The fraction of sp³-hybridized carbons (Fsp3) is 0.360. The van der Waals surface area contributed by atoms with Crippen LogP contribution in [-0.2, 0) is 13.0 Å². The third-order valence-corrected chi connectivity index (χ3v) is 27.8. The Kier molecular flexibility index (Phi) is 27.0. The zero-order chi connectivity index (χ0) is 94.2. The maximum atomic E-state index is 13.0. The molecule has 0 saturated carbocycles. The largest absolute Gasteiger partial charge is 0.495 e. The lowest BCUT2D eigenvalue weighted by Crippen LogP contribution is -2.47. The van der Waals surface area contributed by atoms with Crippen LogP contribution >= 0.6 is 45.3 Å². The normalized spacial score (nSPS) is 15.2. The lowest BCUT2D eigenvalue weighted by molar-refractivity contribution is 0.0958. The molecule has 12 aromatic rings. The predicted molar refractivity (Wildman–Crippen MR) is 523 cm³/mol. The zero-order valence-corrected chi connectivity index (χ0v) is 80.6. The number of thiazole rings is 4. The minimum absolute atomic E-state index is 0.167. The Labute approximate surface area is 784 Å². The van der Waals surface area contributed by atoms with Gasteiger partial charge in [0.25, 0.3) is 29.5 Å². The Morgan fingerprint density at radius 3 is 1.06 bits per heavy atom. The van der Waals surface area contributed by atoms with E-state index in [2.05, 4.69) is 134 Å². The number of benzene rings is 4. The van der Waals surface area contributed by atoms with Crippen molar-refractivity contribution in [2.75, 3.05) is 248 Å². The van der Waals surface area contributed by atoms with Gasteiger partial charge in [-0.15, -0.1) is 45.3 Å². The molecule has 0 unspecified atom stereocenters. The summed E-state index contributed by atoms with van der Waals surface area (Å²) in [6.45, 7) is 18.0. The second kappa shape index (κ2) is 38.9. The summed E-state index contributed by atoms with van der Waals surface area (Å²) in [4.78, 5) is 143. The molecule has 0 bridgehead atoms. The molecule has 133 heavy (non-hydrogen) atoms. The number of rotatable bonds is 17. The number of hydrogen-bond donors (Lipinski definition) is 6. The van der Waals surface area contributed by atoms with E-state index in [1.807, 2.05) is 99.8 Å². The van der Waals surface area contributed by atoms with Gasteiger partial charge in [0.15, 0.2) is 46.0 Å². The van der Waals surface area contributed by atoms with Crippen LogP contribution in [0.25, 0.3) is 0 Å². The number of aryl methyl sites for hydroxylation is 4. The zero-order valence-electron chi connectivity index (χ0n) is 77.3. The molecule has 694 valence electrons. The van der Waals surface area contributed by atoms with E-state index in [0.717, 1.165) is 152 Å². The molecule has 2 saturated heterocycles. The van der Waals surface area contributed by atoms with Gasteiger partial charge < -0.3 is 109 Å². The van der Waals surface area contributed by atoms with Gasteiger partial charge in [0.05, 0.1) is 103 Å². The SMILES string of the molecule is CNC(=O)c1ccc(Nc2ncc3c(n2)N(C)c2sc(C)nc2C(=O)N3C)c(OC)c1.COc1cc(N2CCN(C)CC2)ccc1Nc1ncc2c(n1)N(C)c1sc(C)nc1C(=O)N2C.COc1cc(N2CCN(CCO)CC2)ccc1Nc1ncc2c(n1)N(C)c1sc(C)nc1C(=O)N2C.COc1cc2c(cc1Nc1ncc3c(n1)N(C)c1sc(C)nc1C(=O)N3C)CN(C)CC2. The van der Waals surface area contributed by atoms with Crippen molar-refractivity contribution in [3.05, 3.63) is 151 Å². The van der Waals surface area contributed by atoms with Crippen LogP contribution in [0.15, 0.2) is 91.5 Å². The third kappa shape index (κ3) is 18.8. The predicted octanol–water partition coefficient (Wildman–Crippen LogP) is 11.6. The molecular formula is C89H104N30O10S4. The van der Waals surface area contributed by atoms with Crippen molar-refractivity contribution < 1.29 is 48.0 Å². The number of anilines is 22. The van der Waals surface area contributed by atoms with Crippen molar-refractivity contribution in [2.45, 2.75) is 40.7 Å². The Hall–Kier alpha value is -13.9. The number of nitrogens with one attached hydrogen (secondary N) is 5. The minimum atomic E-state index is -0.212. The maximum absolute atomic E-state index is 13.0. The van der Waals surface area contributed by atoms with E-state index in [1.165, 1.54) is 73.4 Å². The lowest BCUT2D eigenvalue weighted by atomic mass is 9.99. The smallest absolute Gasteiger partial charge is 0.279 e. The fourth-order valence-corrected chi connectivity index (χ4v) is 19.7. The first-order valence-corrected chi connectivity index (χ1v) is 45.9. The van der Waals surface area contributed by atoms with Crippen LogP contribution in [0.4, 0.5) is 124 Å². The molecule has 0 spiro atoms. The van der Waals surface area contributed by atoms with Gasteiger partial charge >= 0.3 is 0 Å². The lowest BCUT2D eigenvalue weighted by Gasteiger charge is -2.36. The molecule has 7 aliphatic heterocycles. The first-order valence-electron chi connectivity index (χ1n) is 42.6. The average Bonchev–Trinajstić information content (AvgIpc) is 1.65. The number of nitrogens with zero attached hydrogens (tertiary/aromatic N) is 25. The van der Waals surface area contributed by atoms with Gasteiger partial charge in [0, 0.05) is 164 Å². The monoisotopic (exact) mass is 1880 g/mol. The highest BCUT2D eigenvalue weighted by Gasteiger charge is 2.38. The van der Waals surface area contributed by atoms with E-state index in [9.17, 15) is 29.1 Å². The molecule has 7 aliphatic rings. The highest BCUT2D eigenvalue weighted by molar-refractivity contribution is 7.17. The van der Waals surface area contributed by atoms with Gasteiger partial charge in [-0.3, -0.25) is 28.9 Å². The number of aromatic nitrogens is 12. The van der Waals surface area contributed by atoms with Crippen LogP contribution in [0, 0.1) is 27.7 Å². The molecule has 4 aromatic carbocycles. The van der Waals surface area contributed by atoms with Crippen LogP contribution in [0.3, 0.4) is 0 Å². The molecule has 40 nitrogen and oxygen atoms in total. The van der Waals surface area contributed by atoms with E-state index >= 15 is 0 Å². The Morgan fingerprint density at radius 2 is 0.714 bits per heavy atom. The van der Waals surface area contributed by atoms with Crippen molar-refractivity contribution in [1.82, 2.24) is 79.8 Å². The molecule has 5 amide bonds. The van der Waals surface area contributed by atoms with Crippen LogP contribution in [0.2, 0.25) is 0 Å². The molecule has 44 heteroatoms. The van der Waals surface area contributed by atoms with E-state index in [4.69, 9.17) is 33.9 Å². The molecule has 2 fully saturated rings. The quantitative estimate of drug-likeness (QED) is 0.0493. The van der Waals surface area contributed by atoms with E-state index in [1.54, 1.807) is 109 Å². The van der Waals surface area contributed by atoms with Gasteiger partial charge in [0.1, 0.15) is 65.8 Å². The first kappa shape index (κ1) is 92.4. The number of methoxy groups -OCH3 is 4. The topological polar surface area (TPSA) is 399 Å². The number of carbonyl (C=O) groups is 5. The van der Waals surface area contributed by atoms with Crippen LogP contribution < -0.4 is 94.5 Å². The average molecular weight is 1880 g/mol. The number of piperazine rings is 2. The highest BCUT2D eigenvalue weighted by atomic mass is 32.1. The Morgan fingerprint density at radius 1 is 0.383 bits per heavy atom. The summed E-state index contributed by atoms with van der Waals surface area (Å²) in [7, 11) is 26.7. The number of aliphatic hydroxyl groups is 1. The highest BCUT2D eigenvalue weighted by Crippen LogP contribution is 2.48. The maximum Gasteiger partial charge on any atom is 0.279 e. The fourth-order valence-electron chi connectivity index (χ4n) is 16.2. The van der Waals surface area contributed by atoms with Gasteiger partial charge in [-0.1, -0.05) is 0 Å². The summed E-state index contributed by atoms with van der Waals surface area (Å²) in [5, 5.41) is 31.1. The summed E-state index contributed by atoms with van der Waals surface area (Å²) < 4.78 is 22.4. The van der Waals surface area contributed by atoms with Crippen molar-refractivity contribution in [1.29, 1.82) is 0 Å². The number of hydrogen-bond acceptors (Lipinski definition) is 39. The summed E-state index contributed by atoms with van der Waals surface area (Å²) in [6.07, 6.45) is 7.57. The van der Waals surface area contributed by atoms with Crippen molar-refractivity contribution in [3.63, 3.8) is 0 Å². The Bertz CT molecular complexity index is 6450. The standard InChI is InChI=1S/C24H30N8O3S.C23H28N8O2S.C22H25N7O2S.C20H21N7O3S/c1-15-26-20-22(34)29(2)18-14-25-24(28-21(18)30(3)23(20)36-15)27-17-6-5-16(13-19(17)35-4)32-9-7-31(8-10-32)11-12-33;1-14-25-19-21(32)29(3)17-13-24-23(27-20(17)30(4)22(19)34-14)26-16-7-6-15(12-18(16)33-5)31-10-8-28(2)9-11-31;1-12-24-18-20(30)28(3)16-10-23-22(26-19(16)29(4)21(18)32-12)25-15-8-14-11-27(2)7-6-13(14)9-17(15)31-5;1-10-23-15-18(29)26(3)13-9-22-20(25-16(13)27(4)19(15)31-10)24-12-7-6-11(17(28)21-2)8-14(12)30-5/h5-6,13-14,33H,7-12H2,1-4H3,(H,25,27,28);6-7,12-13H,8-11H2,1-5H3,(H,24,26,27);8-10H,6-7,11H2,1-5H3,(H,23,25,26);6-9H,1-5H3,(H,21,28)(H,22,24,25). The number of β-amino-alcohol motifs (C(OH)–C–C–N with tert-alkyl or cyclic N) is 1. The van der Waals surface area contributed by atoms with E-state index in [-0.39, 0.29) is 36.1 Å². The van der Waals surface area contributed by atoms with E-state index < -0.39 is 0 Å². The number of amides is 5. The van der Waals surface area contributed by atoms with E-state index in [0.29, 0.717) is 122 Å². The number of fused-ring (bicyclic) bond motifs is 9. The second-order valence-corrected chi connectivity index (χ2v) is 37.0. The summed E-state index contributed by atoms with van der Waals surface area (Å²) in [5.74, 6) is 5.71. The molecule has 15 heterocycles. The number of ether oxygens (including phenoxy) is 4. The van der Waals surface area contributed by atoms with Crippen molar-refractivity contribution in [2.24, 2.45) is 0 Å². The molecule has 19 rings (SSSR count). The van der Waals surface area contributed by atoms with Crippen molar-refractivity contribution in [3.8, 4) is 23.0 Å². The van der Waals surface area contributed by atoms with Crippen LogP contribution in [-0.4, -0.2) is 287 Å². The third-order valence-electron chi connectivity index (χ3n) is 23.6. The Balaban J connectivity index is 0.000000129. The van der Waals surface area contributed by atoms with Crippen LogP contribution in [0.1, 0.15) is 83.5 Å². The minimum Gasteiger partial charge on any atom is -0.495 e. The summed E-state index contributed by atoms with van der Waals surface area (Å²) >= 11 is 5.84. The van der Waals surface area contributed by atoms with Crippen molar-refractivity contribution >= 4 is 199 Å². The number of likely N-dealkylation sites (N-methyl/N-ethyl adjacent to an activating group) is 2. The molecule has 8 aromatic heterocycles. The molecule has 6 N–H and O–H groups in total. The first-order chi connectivity index (χ1) is 63.9. The van der Waals surface area contributed by atoms with Crippen LogP contribution in [0.5, 0.6) is 23.0 Å². The molecule has 0 aliphatic carbocycles.